The molecule has 0 aliphatic rings. The molecule has 0 saturated carbocycles. The fraction of sp³-hybridized carbons (Fsp3) is 0.308. The van der Waals surface area contributed by atoms with Crippen molar-refractivity contribution in [3.63, 3.8) is 0 Å². The first kappa shape index (κ1) is 13.0. The second kappa shape index (κ2) is 5.93. The van der Waals surface area contributed by atoms with Crippen molar-refractivity contribution in [2.24, 2.45) is 5.73 Å². The SMILES string of the molecule is COc1ccccc1C(Sc1ncc[nH]1)C(C)N. The lowest BCUT2D eigenvalue weighted by Crippen LogP contribution is -2.23. The van der Waals surface area contributed by atoms with Crippen LogP contribution in [0.2, 0.25) is 0 Å². The third-order valence-corrected chi connectivity index (χ3v) is 4.02. The standard InChI is InChI=1S/C13H17N3OS/c1-9(14)12(18-13-15-7-8-16-13)10-5-3-4-6-11(10)17-2/h3-9,12H,14H2,1-2H3,(H,15,16). The molecule has 2 unspecified atom stereocenters. The monoisotopic (exact) mass is 263 g/mol. The van der Waals surface area contributed by atoms with Crippen LogP contribution in [0, 0.1) is 0 Å². The summed E-state index contributed by atoms with van der Waals surface area (Å²) in [6, 6.07) is 7.95. The van der Waals surface area contributed by atoms with Crippen LogP contribution < -0.4 is 10.5 Å². The van der Waals surface area contributed by atoms with E-state index in [4.69, 9.17) is 10.5 Å². The molecule has 1 aromatic carbocycles. The molecule has 0 fully saturated rings. The summed E-state index contributed by atoms with van der Waals surface area (Å²) < 4.78 is 5.40. The molecule has 5 heteroatoms. The van der Waals surface area contributed by atoms with Gasteiger partial charge in [-0.15, -0.1) is 0 Å². The highest BCUT2D eigenvalue weighted by Crippen LogP contribution is 2.39. The number of hydrogen-bond acceptors (Lipinski definition) is 4. The normalized spacial score (nSPS) is 14.2. The molecule has 0 spiro atoms. The van der Waals surface area contributed by atoms with Crippen molar-refractivity contribution in [1.82, 2.24) is 9.97 Å². The molecule has 0 bridgehead atoms. The average Bonchev–Trinajstić information content (AvgIpc) is 2.88. The van der Waals surface area contributed by atoms with E-state index in [1.54, 1.807) is 25.1 Å². The van der Waals surface area contributed by atoms with E-state index < -0.39 is 0 Å². The Morgan fingerprint density at radius 3 is 2.78 bits per heavy atom. The van der Waals surface area contributed by atoms with E-state index >= 15 is 0 Å². The van der Waals surface area contributed by atoms with Crippen LogP contribution in [0.1, 0.15) is 17.7 Å². The van der Waals surface area contributed by atoms with Gasteiger partial charge in [0, 0.05) is 24.0 Å². The van der Waals surface area contributed by atoms with E-state index in [0.717, 1.165) is 16.5 Å². The van der Waals surface area contributed by atoms with Crippen LogP contribution in [0.4, 0.5) is 0 Å². The molecule has 2 rings (SSSR count). The number of rotatable bonds is 5. The molecule has 0 amide bonds. The molecule has 0 aliphatic heterocycles. The van der Waals surface area contributed by atoms with Crippen molar-refractivity contribution < 1.29 is 4.74 Å². The molecular formula is C13H17N3OS. The Balaban J connectivity index is 2.29. The fourth-order valence-corrected chi connectivity index (χ4v) is 2.83. The van der Waals surface area contributed by atoms with Crippen LogP contribution in [0.15, 0.2) is 41.8 Å². The molecule has 18 heavy (non-hydrogen) atoms. The van der Waals surface area contributed by atoms with Crippen LogP contribution >= 0.6 is 11.8 Å². The van der Waals surface area contributed by atoms with Crippen molar-refractivity contribution in [2.75, 3.05) is 7.11 Å². The van der Waals surface area contributed by atoms with Gasteiger partial charge in [-0.2, -0.15) is 0 Å². The van der Waals surface area contributed by atoms with E-state index in [9.17, 15) is 0 Å². The number of nitrogens with one attached hydrogen (secondary N) is 1. The van der Waals surface area contributed by atoms with Gasteiger partial charge >= 0.3 is 0 Å². The summed E-state index contributed by atoms with van der Waals surface area (Å²) in [4.78, 5) is 7.32. The second-order valence-electron chi connectivity index (χ2n) is 4.03. The Labute approximate surface area is 111 Å². The van der Waals surface area contributed by atoms with Crippen LogP contribution in [0.3, 0.4) is 0 Å². The molecule has 0 saturated heterocycles. The fourth-order valence-electron chi connectivity index (χ4n) is 1.79. The van der Waals surface area contributed by atoms with Gasteiger partial charge in [-0.1, -0.05) is 30.0 Å². The molecule has 1 heterocycles. The maximum atomic E-state index is 6.09. The quantitative estimate of drug-likeness (QED) is 0.814. The Morgan fingerprint density at radius 2 is 2.17 bits per heavy atom. The molecule has 1 aromatic heterocycles. The van der Waals surface area contributed by atoms with Gasteiger partial charge < -0.3 is 15.5 Å². The van der Waals surface area contributed by atoms with E-state index in [1.165, 1.54) is 0 Å². The van der Waals surface area contributed by atoms with Gasteiger partial charge in [0.2, 0.25) is 0 Å². The first-order valence-corrected chi connectivity index (χ1v) is 6.65. The highest BCUT2D eigenvalue weighted by molar-refractivity contribution is 7.99. The third-order valence-electron chi connectivity index (χ3n) is 2.63. The molecule has 4 nitrogen and oxygen atoms in total. The number of thioether (sulfide) groups is 1. The number of nitrogens with zero attached hydrogens (tertiary/aromatic N) is 1. The molecule has 0 aliphatic carbocycles. The number of benzene rings is 1. The lowest BCUT2D eigenvalue weighted by Gasteiger charge is -2.21. The van der Waals surface area contributed by atoms with Gasteiger partial charge in [0.1, 0.15) is 5.75 Å². The largest absolute Gasteiger partial charge is 0.496 e. The summed E-state index contributed by atoms with van der Waals surface area (Å²) >= 11 is 1.61. The molecule has 2 aromatic rings. The predicted molar refractivity (Wildman–Crippen MR) is 73.8 cm³/mol. The molecule has 0 radical (unpaired) electrons. The highest BCUT2D eigenvalue weighted by atomic mass is 32.2. The second-order valence-corrected chi connectivity index (χ2v) is 5.16. The number of aromatic nitrogens is 2. The molecule has 2 atom stereocenters. The first-order chi connectivity index (χ1) is 8.72. The zero-order valence-corrected chi connectivity index (χ0v) is 11.3. The van der Waals surface area contributed by atoms with Crippen molar-refractivity contribution in [1.29, 1.82) is 0 Å². The van der Waals surface area contributed by atoms with E-state index in [2.05, 4.69) is 9.97 Å². The first-order valence-electron chi connectivity index (χ1n) is 5.77. The Bertz CT molecular complexity index is 485. The minimum atomic E-state index is -0.00333. The van der Waals surface area contributed by atoms with Gasteiger partial charge in [-0.25, -0.2) is 4.98 Å². The van der Waals surface area contributed by atoms with Crippen LogP contribution in [-0.2, 0) is 0 Å². The summed E-state index contributed by atoms with van der Waals surface area (Å²) in [5.74, 6) is 0.860. The summed E-state index contributed by atoms with van der Waals surface area (Å²) in [6.45, 7) is 1.99. The maximum Gasteiger partial charge on any atom is 0.165 e. The number of methoxy groups -OCH3 is 1. The Hall–Kier alpha value is -1.46. The summed E-state index contributed by atoms with van der Waals surface area (Å²) in [6.07, 6.45) is 3.55. The van der Waals surface area contributed by atoms with Crippen molar-refractivity contribution >= 4 is 11.8 Å². The van der Waals surface area contributed by atoms with Crippen molar-refractivity contribution in [3.8, 4) is 5.75 Å². The highest BCUT2D eigenvalue weighted by Gasteiger charge is 2.22. The van der Waals surface area contributed by atoms with E-state index in [-0.39, 0.29) is 11.3 Å². The zero-order chi connectivity index (χ0) is 13.0. The molecular weight excluding hydrogens is 246 g/mol. The number of aromatic amines is 1. The van der Waals surface area contributed by atoms with E-state index in [0.29, 0.717) is 0 Å². The zero-order valence-electron chi connectivity index (χ0n) is 10.5. The van der Waals surface area contributed by atoms with Gasteiger partial charge in [-0.05, 0) is 13.0 Å². The van der Waals surface area contributed by atoms with Crippen LogP contribution in [-0.4, -0.2) is 23.1 Å². The lowest BCUT2D eigenvalue weighted by atomic mass is 10.1. The number of imidazole rings is 1. The van der Waals surface area contributed by atoms with Gasteiger partial charge in [0.15, 0.2) is 5.16 Å². The average molecular weight is 263 g/mol. The summed E-state index contributed by atoms with van der Waals surface area (Å²) in [7, 11) is 1.68. The Kier molecular flexibility index (Phi) is 4.28. The summed E-state index contributed by atoms with van der Waals surface area (Å²) in [5, 5.41) is 0.968. The minimum Gasteiger partial charge on any atom is -0.496 e. The van der Waals surface area contributed by atoms with Crippen LogP contribution in [0.5, 0.6) is 5.75 Å². The van der Waals surface area contributed by atoms with Gasteiger partial charge in [0.25, 0.3) is 0 Å². The third kappa shape index (κ3) is 2.86. The van der Waals surface area contributed by atoms with Crippen LogP contribution in [0.25, 0.3) is 0 Å². The van der Waals surface area contributed by atoms with E-state index in [1.807, 2.05) is 37.4 Å². The van der Waals surface area contributed by atoms with Crippen molar-refractivity contribution in [2.45, 2.75) is 23.4 Å². The number of H-pyrrole nitrogens is 1. The predicted octanol–water partition coefficient (Wildman–Crippen LogP) is 2.60. The number of nitrogens with two attached hydrogens (primary N) is 1. The number of para-hydroxylation sites is 1. The number of ether oxygens (including phenoxy) is 1. The number of hydrogen-bond donors (Lipinski definition) is 2. The van der Waals surface area contributed by atoms with Gasteiger partial charge in [-0.3, -0.25) is 0 Å². The molecule has 3 N–H and O–H groups in total. The minimum absolute atomic E-state index is 0.00333. The Morgan fingerprint density at radius 1 is 1.39 bits per heavy atom. The topological polar surface area (TPSA) is 63.9 Å². The lowest BCUT2D eigenvalue weighted by molar-refractivity contribution is 0.408. The van der Waals surface area contributed by atoms with Gasteiger partial charge in [0.05, 0.1) is 12.4 Å². The van der Waals surface area contributed by atoms with Crippen molar-refractivity contribution in [3.05, 3.63) is 42.2 Å². The maximum absolute atomic E-state index is 6.09. The smallest absolute Gasteiger partial charge is 0.165 e. The summed E-state index contributed by atoms with van der Waals surface area (Å²) in [5.41, 5.74) is 7.18. The molecule has 96 valence electrons.